The van der Waals surface area contributed by atoms with Crippen molar-refractivity contribution in [2.45, 2.75) is 32.6 Å². The molecule has 106 valence electrons. The van der Waals surface area contributed by atoms with Crippen LogP contribution in [-0.4, -0.2) is 24.0 Å². The number of hydrogen-bond acceptors (Lipinski definition) is 2. The van der Waals surface area contributed by atoms with Crippen molar-refractivity contribution in [1.82, 2.24) is 4.90 Å². The van der Waals surface area contributed by atoms with Crippen molar-refractivity contribution in [2.24, 2.45) is 11.7 Å². The Labute approximate surface area is 111 Å². The van der Waals surface area contributed by atoms with Crippen LogP contribution < -0.4 is 5.73 Å². The summed E-state index contributed by atoms with van der Waals surface area (Å²) in [5, 5.41) is 0. The Kier molecular flexibility index (Phi) is 3.87. The van der Waals surface area contributed by atoms with E-state index in [1.54, 1.807) is 13.0 Å². The summed E-state index contributed by atoms with van der Waals surface area (Å²) in [6, 6.07) is 4.11. The molecule has 1 aliphatic rings. The van der Waals surface area contributed by atoms with Crippen LogP contribution in [0.1, 0.15) is 23.6 Å². The Morgan fingerprint density at radius 1 is 1.32 bits per heavy atom. The second kappa shape index (κ2) is 5.13. The number of halogens is 3. The molecule has 5 heteroatoms. The maximum atomic E-state index is 12.6. The fourth-order valence-electron chi connectivity index (χ4n) is 2.51. The lowest BCUT2D eigenvalue weighted by molar-refractivity contribution is -0.137. The molecule has 0 aliphatic carbocycles. The van der Waals surface area contributed by atoms with Crippen molar-refractivity contribution in [3.8, 4) is 0 Å². The van der Waals surface area contributed by atoms with Gasteiger partial charge in [0, 0.05) is 25.7 Å². The SMILES string of the molecule is Cc1cc(C(F)(F)F)ccc1CN1CC(C)C(N)C1. The first-order valence-electron chi connectivity index (χ1n) is 6.42. The van der Waals surface area contributed by atoms with E-state index in [4.69, 9.17) is 5.73 Å². The number of rotatable bonds is 2. The lowest BCUT2D eigenvalue weighted by atomic mass is 10.0. The minimum Gasteiger partial charge on any atom is -0.326 e. The number of nitrogens with two attached hydrogens (primary N) is 1. The first-order valence-corrected chi connectivity index (χ1v) is 6.42. The zero-order chi connectivity index (χ0) is 14.2. The molecule has 1 aromatic rings. The molecule has 0 amide bonds. The third-order valence-electron chi connectivity index (χ3n) is 3.81. The zero-order valence-corrected chi connectivity index (χ0v) is 11.2. The van der Waals surface area contributed by atoms with Gasteiger partial charge in [-0.15, -0.1) is 0 Å². The summed E-state index contributed by atoms with van der Waals surface area (Å²) in [5.41, 5.74) is 6.99. The van der Waals surface area contributed by atoms with Crippen molar-refractivity contribution >= 4 is 0 Å². The van der Waals surface area contributed by atoms with E-state index < -0.39 is 11.7 Å². The number of hydrogen-bond donors (Lipinski definition) is 1. The van der Waals surface area contributed by atoms with Gasteiger partial charge in [-0.2, -0.15) is 13.2 Å². The van der Waals surface area contributed by atoms with E-state index in [-0.39, 0.29) is 6.04 Å². The lowest BCUT2D eigenvalue weighted by Crippen LogP contribution is -2.28. The smallest absolute Gasteiger partial charge is 0.326 e. The van der Waals surface area contributed by atoms with Gasteiger partial charge in [-0.25, -0.2) is 0 Å². The van der Waals surface area contributed by atoms with Gasteiger partial charge in [-0.05, 0) is 36.1 Å². The highest BCUT2D eigenvalue weighted by atomic mass is 19.4. The molecule has 0 saturated carbocycles. The monoisotopic (exact) mass is 272 g/mol. The van der Waals surface area contributed by atoms with Gasteiger partial charge >= 0.3 is 6.18 Å². The average molecular weight is 272 g/mol. The number of benzene rings is 1. The number of nitrogens with zero attached hydrogens (tertiary/aromatic N) is 1. The topological polar surface area (TPSA) is 29.3 Å². The van der Waals surface area contributed by atoms with Crippen LogP contribution >= 0.6 is 0 Å². The summed E-state index contributed by atoms with van der Waals surface area (Å²) in [6.07, 6.45) is -4.27. The van der Waals surface area contributed by atoms with E-state index >= 15 is 0 Å². The summed E-state index contributed by atoms with van der Waals surface area (Å²) in [7, 11) is 0. The largest absolute Gasteiger partial charge is 0.416 e. The highest BCUT2D eigenvalue weighted by Crippen LogP contribution is 2.31. The highest BCUT2D eigenvalue weighted by molar-refractivity contribution is 5.32. The maximum absolute atomic E-state index is 12.6. The Bertz CT molecular complexity index is 446. The summed E-state index contributed by atoms with van der Waals surface area (Å²) < 4.78 is 37.7. The molecule has 1 heterocycles. The van der Waals surface area contributed by atoms with Gasteiger partial charge in [0.1, 0.15) is 0 Å². The molecule has 2 N–H and O–H groups in total. The van der Waals surface area contributed by atoms with Crippen LogP contribution in [0.25, 0.3) is 0 Å². The third kappa shape index (κ3) is 3.28. The normalized spacial score (nSPS) is 24.9. The van der Waals surface area contributed by atoms with E-state index in [1.807, 2.05) is 0 Å². The van der Waals surface area contributed by atoms with E-state index in [2.05, 4.69) is 11.8 Å². The van der Waals surface area contributed by atoms with Gasteiger partial charge in [-0.1, -0.05) is 13.0 Å². The minimum atomic E-state index is -4.27. The summed E-state index contributed by atoms with van der Waals surface area (Å²) in [4.78, 5) is 2.20. The third-order valence-corrected chi connectivity index (χ3v) is 3.81. The fraction of sp³-hybridized carbons (Fsp3) is 0.571. The predicted octanol–water partition coefficient (Wildman–Crippen LogP) is 2.79. The van der Waals surface area contributed by atoms with Crippen molar-refractivity contribution in [2.75, 3.05) is 13.1 Å². The molecule has 0 bridgehead atoms. The predicted molar refractivity (Wildman–Crippen MR) is 68.6 cm³/mol. The number of aryl methyl sites for hydroxylation is 1. The molecule has 2 unspecified atom stereocenters. The molecular formula is C14H19F3N2. The Balaban J connectivity index is 2.10. The zero-order valence-electron chi connectivity index (χ0n) is 11.2. The van der Waals surface area contributed by atoms with Gasteiger partial charge in [0.25, 0.3) is 0 Å². The summed E-state index contributed by atoms with van der Waals surface area (Å²) in [5.74, 6) is 0.440. The number of likely N-dealkylation sites (tertiary alicyclic amines) is 1. The van der Waals surface area contributed by atoms with E-state index in [1.165, 1.54) is 6.07 Å². The van der Waals surface area contributed by atoms with Crippen molar-refractivity contribution in [1.29, 1.82) is 0 Å². The molecule has 1 saturated heterocycles. The molecule has 0 radical (unpaired) electrons. The number of alkyl halides is 3. The Hall–Kier alpha value is -1.07. The first kappa shape index (κ1) is 14.3. The van der Waals surface area contributed by atoms with E-state index in [9.17, 15) is 13.2 Å². The van der Waals surface area contributed by atoms with E-state index in [0.29, 0.717) is 18.0 Å². The van der Waals surface area contributed by atoms with Gasteiger partial charge in [0.15, 0.2) is 0 Å². The molecule has 2 atom stereocenters. The minimum absolute atomic E-state index is 0.162. The fourth-order valence-corrected chi connectivity index (χ4v) is 2.51. The molecule has 1 fully saturated rings. The molecule has 1 aromatic carbocycles. The van der Waals surface area contributed by atoms with Crippen LogP contribution in [0.15, 0.2) is 18.2 Å². The lowest BCUT2D eigenvalue weighted by Gasteiger charge is -2.18. The molecule has 0 aromatic heterocycles. The van der Waals surface area contributed by atoms with Crippen molar-refractivity contribution < 1.29 is 13.2 Å². The molecule has 0 spiro atoms. The molecular weight excluding hydrogens is 253 g/mol. The second-order valence-electron chi connectivity index (χ2n) is 5.47. The van der Waals surface area contributed by atoms with Gasteiger partial charge in [-0.3, -0.25) is 4.90 Å². The summed E-state index contributed by atoms with van der Waals surface area (Å²) >= 11 is 0. The second-order valence-corrected chi connectivity index (χ2v) is 5.47. The Morgan fingerprint density at radius 3 is 2.47 bits per heavy atom. The maximum Gasteiger partial charge on any atom is 0.416 e. The van der Waals surface area contributed by atoms with Crippen LogP contribution in [0.3, 0.4) is 0 Å². The quantitative estimate of drug-likeness (QED) is 0.897. The van der Waals surface area contributed by atoms with Crippen LogP contribution in [0.2, 0.25) is 0 Å². The van der Waals surface area contributed by atoms with Crippen molar-refractivity contribution in [3.63, 3.8) is 0 Å². The molecule has 1 aliphatic heterocycles. The van der Waals surface area contributed by atoms with Gasteiger partial charge in [0.05, 0.1) is 5.56 Å². The van der Waals surface area contributed by atoms with Crippen LogP contribution in [0.4, 0.5) is 13.2 Å². The Morgan fingerprint density at radius 2 is 2.00 bits per heavy atom. The van der Waals surface area contributed by atoms with Crippen LogP contribution in [0.5, 0.6) is 0 Å². The van der Waals surface area contributed by atoms with E-state index in [0.717, 1.165) is 24.7 Å². The van der Waals surface area contributed by atoms with Crippen LogP contribution in [-0.2, 0) is 12.7 Å². The first-order chi connectivity index (χ1) is 8.77. The molecule has 2 nitrogen and oxygen atoms in total. The molecule has 19 heavy (non-hydrogen) atoms. The highest BCUT2D eigenvalue weighted by Gasteiger charge is 2.31. The average Bonchev–Trinajstić information content (AvgIpc) is 2.59. The van der Waals surface area contributed by atoms with Gasteiger partial charge in [0.2, 0.25) is 0 Å². The summed E-state index contributed by atoms with van der Waals surface area (Å²) in [6.45, 7) is 6.21. The molecule has 2 rings (SSSR count). The van der Waals surface area contributed by atoms with Crippen LogP contribution in [0, 0.1) is 12.8 Å². The van der Waals surface area contributed by atoms with Gasteiger partial charge < -0.3 is 5.73 Å². The standard InChI is InChI=1S/C14H19F3N2/c1-9-5-12(14(15,16)17)4-3-11(9)7-19-6-10(2)13(18)8-19/h3-5,10,13H,6-8,18H2,1-2H3. The van der Waals surface area contributed by atoms with Crippen molar-refractivity contribution in [3.05, 3.63) is 34.9 Å².